The lowest BCUT2D eigenvalue weighted by Crippen LogP contribution is -2.53. The number of imide groups is 1. The number of nitrogens with two attached hydrogens (primary N) is 3. The molecule has 0 saturated carbocycles. The molecule has 5 atom stereocenters. The number of Topliss-reactive ketones (excluding diaryl/α,β-unsaturated/α-hetero) is 2. The van der Waals surface area contributed by atoms with E-state index in [-0.39, 0.29) is 117 Å². The average molecular weight is 1120 g/mol. The second-order valence-corrected chi connectivity index (χ2v) is 20.1. The van der Waals surface area contributed by atoms with Gasteiger partial charge in [-0.3, -0.25) is 43.3 Å². The number of unbranched alkanes of at least 4 members (excludes halogenated alkanes) is 4. The number of hydrogen-bond acceptors (Lipinski definition) is 18. The number of aliphatic carboxylic acids is 2. The number of nitrogens with one attached hydrogen (secondary N) is 4. The van der Waals surface area contributed by atoms with Crippen molar-refractivity contribution in [2.24, 2.45) is 17.6 Å². The maximum Gasteiger partial charge on any atom is 0.326 e. The Labute approximate surface area is 468 Å². The largest absolute Gasteiger partial charge is 0.480 e. The van der Waals surface area contributed by atoms with Gasteiger partial charge in [-0.15, -0.1) is 0 Å². The molecule has 434 valence electrons. The van der Waals surface area contributed by atoms with Crippen LogP contribution in [-0.4, -0.2) is 139 Å². The number of nitrogen functional groups attached to an aromatic ring is 2. The van der Waals surface area contributed by atoms with Crippen molar-refractivity contribution in [2.75, 3.05) is 43.0 Å². The summed E-state index contributed by atoms with van der Waals surface area (Å²) in [7, 11) is 1.80. The average Bonchev–Trinajstić information content (AvgIpc) is 3.79. The number of aromatic nitrogens is 4. The molecule has 2 aromatic heterocycles. The minimum atomic E-state index is -1.39. The first kappa shape index (κ1) is 63.1. The Morgan fingerprint density at radius 1 is 0.704 bits per heavy atom. The van der Waals surface area contributed by atoms with Crippen molar-refractivity contribution in [3.63, 3.8) is 0 Å². The predicted molar refractivity (Wildman–Crippen MR) is 298 cm³/mol. The molecule has 0 fully saturated rings. The number of anilines is 3. The molecule has 3 heterocycles. The summed E-state index contributed by atoms with van der Waals surface area (Å²) >= 11 is 0. The van der Waals surface area contributed by atoms with E-state index >= 15 is 0 Å². The zero-order valence-electron chi connectivity index (χ0n) is 45.6. The molecule has 1 aliphatic heterocycles. The van der Waals surface area contributed by atoms with Gasteiger partial charge in [0.1, 0.15) is 29.7 Å². The molecule has 81 heavy (non-hydrogen) atoms. The van der Waals surface area contributed by atoms with Gasteiger partial charge in [-0.25, -0.2) is 19.6 Å². The molecule has 0 saturated heterocycles. The zero-order chi connectivity index (χ0) is 59.0. The summed E-state index contributed by atoms with van der Waals surface area (Å²) < 4.78 is 0. The number of amides is 6. The van der Waals surface area contributed by atoms with Crippen LogP contribution in [0.15, 0.2) is 72.9 Å². The number of ketones is 2. The van der Waals surface area contributed by atoms with Crippen LogP contribution in [0.1, 0.15) is 118 Å². The van der Waals surface area contributed by atoms with Crippen LogP contribution in [0.2, 0.25) is 0 Å². The number of fused-ring (bicyclic) bond motifs is 1. The van der Waals surface area contributed by atoms with Gasteiger partial charge in [0.25, 0.3) is 17.7 Å². The van der Waals surface area contributed by atoms with Crippen LogP contribution in [0.4, 0.5) is 17.5 Å². The topological polar surface area (TPSA) is 395 Å². The number of carbonyl (C=O) groups is 10. The summed E-state index contributed by atoms with van der Waals surface area (Å²) in [6, 6.07) is 11.5. The highest BCUT2D eigenvalue weighted by Gasteiger charge is 2.32. The SMILES string of the molecule is CC(CC(=O)CCCCCN1C(=O)C=CC1=O)C(=O)CC(Cc1ccccc1)C(=O)NC(CCCCN)C(=O)NC(CCCCNC(=O)CC[C@H](NC(=O)c1ccc(N(C)Cc2cnc3nc(N)nc(N)c3n2)cc1)C(=O)O)C(=O)O. The van der Waals surface area contributed by atoms with Crippen molar-refractivity contribution < 1.29 is 58.2 Å². The molecule has 0 aliphatic carbocycles. The molecule has 4 aromatic rings. The first-order chi connectivity index (χ1) is 38.7. The molecule has 0 spiro atoms. The van der Waals surface area contributed by atoms with E-state index in [0.29, 0.717) is 68.5 Å². The number of nitrogens with zero attached hydrogens (tertiary/aromatic N) is 6. The Kier molecular flexibility index (Phi) is 24.7. The van der Waals surface area contributed by atoms with Crippen LogP contribution in [0.3, 0.4) is 0 Å². The molecule has 5 rings (SSSR count). The van der Waals surface area contributed by atoms with E-state index in [0.717, 1.165) is 10.5 Å². The van der Waals surface area contributed by atoms with Gasteiger partial charge in [0.15, 0.2) is 17.0 Å². The number of hydrogen-bond donors (Lipinski definition) is 9. The van der Waals surface area contributed by atoms with Crippen LogP contribution in [0.25, 0.3) is 11.2 Å². The molecular weight excluding hydrogens is 1050 g/mol. The Morgan fingerprint density at radius 2 is 1.36 bits per heavy atom. The Hall–Kier alpha value is -8.74. The second-order valence-electron chi connectivity index (χ2n) is 20.1. The summed E-state index contributed by atoms with van der Waals surface area (Å²) in [5.41, 5.74) is 20.1. The van der Waals surface area contributed by atoms with E-state index in [4.69, 9.17) is 17.2 Å². The smallest absolute Gasteiger partial charge is 0.326 e. The van der Waals surface area contributed by atoms with Crippen molar-refractivity contribution in [2.45, 2.75) is 128 Å². The molecular formula is C56H73N13O12. The van der Waals surface area contributed by atoms with E-state index in [9.17, 15) is 58.2 Å². The minimum absolute atomic E-state index is 0.0208. The molecule has 0 bridgehead atoms. The van der Waals surface area contributed by atoms with E-state index < -0.39 is 65.5 Å². The number of carboxylic acids is 2. The van der Waals surface area contributed by atoms with Crippen molar-refractivity contribution in [3.05, 3.63) is 89.8 Å². The summed E-state index contributed by atoms with van der Waals surface area (Å²) in [6.07, 6.45) is 6.79. The number of carbonyl (C=O) groups excluding carboxylic acids is 8. The van der Waals surface area contributed by atoms with Gasteiger partial charge in [-0.1, -0.05) is 43.7 Å². The van der Waals surface area contributed by atoms with E-state index in [1.807, 2.05) is 4.90 Å². The normalized spacial score (nSPS) is 13.9. The van der Waals surface area contributed by atoms with Crippen LogP contribution < -0.4 is 43.4 Å². The predicted octanol–water partition coefficient (Wildman–Crippen LogP) is 2.55. The van der Waals surface area contributed by atoms with Gasteiger partial charge < -0.3 is 53.6 Å². The van der Waals surface area contributed by atoms with Crippen molar-refractivity contribution in [1.82, 2.24) is 46.1 Å². The lowest BCUT2D eigenvalue weighted by atomic mass is 9.87. The maximum atomic E-state index is 14.1. The first-order valence-electron chi connectivity index (χ1n) is 27.0. The summed E-state index contributed by atoms with van der Waals surface area (Å²) in [5.74, 6) is -7.92. The third kappa shape index (κ3) is 20.5. The molecule has 2 aromatic carbocycles. The third-order valence-electron chi connectivity index (χ3n) is 13.6. The third-order valence-corrected chi connectivity index (χ3v) is 13.6. The van der Waals surface area contributed by atoms with Crippen molar-refractivity contribution >= 4 is 87.6 Å². The number of carboxylic acid groups (broad SMARTS) is 2. The maximum absolute atomic E-state index is 14.1. The van der Waals surface area contributed by atoms with E-state index in [2.05, 4.69) is 41.2 Å². The van der Waals surface area contributed by atoms with E-state index in [1.54, 1.807) is 56.4 Å². The fourth-order valence-corrected chi connectivity index (χ4v) is 8.98. The molecule has 4 unspecified atom stereocenters. The van der Waals surface area contributed by atoms with Gasteiger partial charge >= 0.3 is 11.9 Å². The fourth-order valence-electron chi connectivity index (χ4n) is 8.98. The molecule has 0 radical (unpaired) electrons. The quantitative estimate of drug-likeness (QED) is 0.0233. The zero-order valence-corrected chi connectivity index (χ0v) is 45.6. The Balaban J connectivity index is 1.06. The summed E-state index contributed by atoms with van der Waals surface area (Å²) in [5, 5.41) is 30.4. The Morgan fingerprint density at radius 3 is 2.04 bits per heavy atom. The standard InChI is InChI=1S/C56H73N13O12/c1-34(29-40(70)15-7-4-12-28-69-46(73)24-25-47(69)74)44(71)31-37(30-35-13-5-3-6-14-35)52(76)63-41(16-8-10-26-57)53(77)65-42(54(78)79)17-9-11-27-60-45(72)23-22-43(55(80)81)64-51(75)36-18-20-39(21-19-36)68(2)33-38-32-61-50-48(62-38)49(58)66-56(59)67-50/h3,5-6,13-14,18-21,24-25,32,34,37,41-43H,4,7-12,15-17,22-23,26-31,33,57H2,1-2H3,(H,60,72)(H,63,76)(H,64,75)(H,65,77)(H,78,79)(H,80,81)(H4,58,59,61,66,67)/t34?,37?,41?,42?,43-/m0/s1. The molecule has 6 amide bonds. The lowest BCUT2D eigenvalue weighted by molar-refractivity contribution is -0.143. The van der Waals surface area contributed by atoms with Gasteiger partial charge in [-0.2, -0.15) is 9.97 Å². The summed E-state index contributed by atoms with van der Waals surface area (Å²) in [6.45, 7) is 2.60. The monoisotopic (exact) mass is 1120 g/mol. The van der Waals surface area contributed by atoms with Gasteiger partial charge in [0, 0.05) is 81.1 Å². The van der Waals surface area contributed by atoms with Gasteiger partial charge in [0.2, 0.25) is 23.7 Å². The van der Waals surface area contributed by atoms with Crippen LogP contribution in [0.5, 0.6) is 0 Å². The van der Waals surface area contributed by atoms with Gasteiger partial charge in [0.05, 0.1) is 18.4 Å². The number of benzene rings is 2. The first-order valence-corrected chi connectivity index (χ1v) is 27.0. The van der Waals surface area contributed by atoms with Gasteiger partial charge in [-0.05, 0) is 101 Å². The number of rotatable bonds is 36. The second kappa shape index (κ2) is 31.7. The minimum Gasteiger partial charge on any atom is -0.480 e. The van der Waals surface area contributed by atoms with Crippen LogP contribution >= 0.6 is 0 Å². The van der Waals surface area contributed by atoms with Crippen LogP contribution in [0, 0.1) is 11.8 Å². The van der Waals surface area contributed by atoms with Crippen molar-refractivity contribution in [1.29, 1.82) is 0 Å². The highest BCUT2D eigenvalue weighted by atomic mass is 16.4. The molecule has 25 nitrogen and oxygen atoms in total. The highest BCUT2D eigenvalue weighted by molar-refractivity contribution is 6.12. The molecule has 12 N–H and O–H groups in total. The lowest BCUT2D eigenvalue weighted by Gasteiger charge is -2.24. The van der Waals surface area contributed by atoms with E-state index in [1.165, 1.54) is 30.5 Å². The molecule has 1 aliphatic rings. The van der Waals surface area contributed by atoms with Crippen LogP contribution in [-0.2, 0) is 56.1 Å². The summed E-state index contributed by atoms with van der Waals surface area (Å²) in [4.78, 5) is 148. The Bertz CT molecular complexity index is 2890. The fraction of sp³-hybridized carbons (Fsp3) is 0.464. The van der Waals surface area contributed by atoms with Crippen molar-refractivity contribution in [3.8, 4) is 0 Å². The molecule has 25 heteroatoms. The highest BCUT2D eigenvalue weighted by Crippen LogP contribution is 2.22.